The van der Waals surface area contributed by atoms with Gasteiger partial charge in [0, 0.05) is 19.3 Å². The van der Waals surface area contributed by atoms with Crippen molar-refractivity contribution in [2.45, 2.75) is 64.3 Å². The summed E-state index contributed by atoms with van der Waals surface area (Å²) in [5.74, 6) is 0.294. The number of carbonyl (C=O) groups is 1. The van der Waals surface area contributed by atoms with Gasteiger partial charge >= 0.3 is 0 Å². The van der Waals surface area contributed by atoms with Gasteiger partial charge in [0.25, 0.3) is 12.3 Å². The lowest BCUT2D eigenvalue weighted by Gasteiger charge is -2.23. The third-order valence-corrected chi connectivity index (χ3v) is 4.42. The summed E-state index contributed by atoms with van der Waals surface area (Å²) in [7, 11) is 1.54. The highest BCUT2D eigenvalue weighted by Crippen LogP contribution is 2.27. The van der Waals surface area contributed by atoms with E-state index in [2.05, 4.69) is 10.4 Å². The van der Waals surface area contributed by atoms with E-state index in [0.717, 1.165) is 18.8 Å². The van der Waals surface area contributed by atoms with Gasteiger partial charge in [-0.25, -0.2) is 8.78 Å². The van der Waals surface area contributed by atoms with E-state index in [0.29, 0.717) is 0 Å². The molecule has 1 aromatic heterocycles. The molecule has 1 unspecified atom stereocenters. The molecule has 22 heavy (non-hydrogen) atoms. The Morgan fingerprint density at radius 1 is 1.41 bits per heavy atom. The van der Waals surface area contributed by atoms with Crippen LogP contribution in [0.5, 0.6) is 0 Å². The first-order valence-corrected chi connectivity index (χ1v) is 8.10. The van der Waals surface area contributed by atoms with Gasteiger partial charge in [0.1, 0.15) is 5.69 Å². The van der Waals surface area contributed by atoms with Crippen molar-refractivity contribution in [3.8, 4) is 0 Å². The molecule has 0 bridgehead atoms. The number of nitrogens with one attached hydrogen (secondary N) is 1. The van der Waals surface area contributed by atoms with E-state index in [1.54, 1.807) is 0 Å². The fourth-order valence-corrected chi connectivity index (χ4v) is 3.18. The van der Waals surface area contributed by atoms with E-state index in [9.17, 15) is 13.6 Å². The summed E-state index contributed by atoms with van der Waals surface area (Å²) in [5, 5.41) is 6.48. The Hall–Kier alpha value is -1.46. The lowest BCUT2D eigenvalue weighted by atomic mass is 9.85. The van der Waals surface area contributed by atoms with Crippen LogP contribution < -0.4 is 5.32 Å². The fraction of sp³-hybridized carbons (Fsp3) is 0.750. The van der Waals surface area contributed by atoms with Gasteiger partial charge in [-0.2, -0.15) is 5.10 Å². The summed E-state index contributed by atoms with van der Waals surface area (Å²) in [6.45, 7) is 1.93. The number of halogens is 2. The van der Waals surface area contributed by atoms with Crippen LogP contribution in [0.25, 0.3) is 0 Å². The molecule has 124 valence electrons. The minimum Gasteiger partial charge on any atom is -0.349 e. The number of carbonyl (C=O) groups excluding carboxylic acids is 1. The number of aryl methyl sites for hydroxylation is 1. The number of amides is 1. The standard InChI is InChI=1S/C16H25F2N3O/c1-11(8-9-12-6-4-3-5-7-12)19-16(22)13-10-21(2)20-14(13)15(17)18/h10-12,15H,3-9H2,1-2H3,(H,19,22). The van der Waals surface area contributed by atoms with Crippen molar-refractivity contribution in [1.29, 1.82) is 0 Å². The van der Waals surface area contributed by atoms with Crippen LogP contribution in [0, 0.1) is 5.92 Å². The molecular formula is C16H25F2N3O. The number of hydrogen-bond acceptors (Lipinski definition) is 2. The Labute approximate surface area is 130 Å². The molecule has 4 nitrogen and oxygen atoms in total. The van der Waals surface area contributed by atoms with Crippen molar-refractivity contribution in [1.82, 2.24) is 15.1 Å². The van der Waals surface area contributed by atoms with Crippen molar-refractivity contribution in [2.75, 3.05) is 0 Å². The lowest BCUT2D eigenvalue weighted by Crippen LogP contribution is -2.33. The minimum atomic E-state index is -2.74. The molecule has 1 aliphatic carbocycles. The van der Waals surface area contributed by atoms with E-state index in [1.807, 2.05) is 6.92 Å². The first-order valence-electron chi connectivity index (χ1n) is 8.10. The molecule has 1 saturated carbocycles. The maximum absolute atomic E-state index is 12.9. The minimum absolute atomic E-state index is 0.0137. The van der Waals surface area contributed by atoms with Crippen LogP contribution in [0.4, 0.5) is 8.78 Å². The van der Waals surface area contributed by atoms with Gasteiger partial charge in [-0.15, -0.1) is 0 Å². The number of hydrogen-bond donors (Lipinski definition) is 1. The quantitative estimate of drug-likeness (QED) is 0.867. The molecule has 1 aromatic rings. The normalized spacial score (nSPS) is 17.7. The Bertz CT molecular complexity index is 496. The van der Waals surface area contributed by atoms with E-state index in [-0.39, 0.29) is 11.6 Å². The highest BCUT2D eigenvalue weighted by Gasteiger charge is 2.23. The summed E-state index contributed by atoms with van der Waals surface area (Å²) >= 11 is 0. The summed E-state index contributed by atoms with van der Waals surface area (Å²) < 4.78 is 27.0. The molecule has 1 N–H and O–H groups in total. The highest BCUT2D eigenvalue weighted by molar-refractivity contribution is 5.95. The maximum Gasteiger partial charge on any atom is 0.282 e. The molecule has 2 rings (SSSR count). The highest BCUT2D eigenvalue weighted by atomic mass is 19.3. The van der Waals surface area contributed by atoms with Gasteiger partial charge in [-0.3, -0.25) is 9.48 Å². The number of nitrogens with zero attached hydrogens (tertiary/aromatic N) is 2. The van der Waals surface area contributed by atoms with Crippen LogP contribution in [0.2, 0.25) is 0 Å². The van der Waals surface area contributed by atoms with E-state index in [4.69, 9.17) is 0 Å². The molecule has 1 aliphatic rings. The van der Waals surface area contributed by atoms with Crippen molar-refractivity contribution in [3.63, 3.8) is 0 Å². The maximum atomic E-state index is 12.9. The van der Waals surface area contributed by atoms with Crippen LogP contribution >= 0.6 is 0 Å². The zero-order valence-electron chi connectivity index (χ0n) is 13.3. The third-order valence-electron chi connectivity index (χ3n) is 4.42. The molecule has 1 fully saturated rings. The van der Waals surface area contributed by atoms with Gasteiger partial charge in [0.05, 0.1) is 5.56 Å². The molecule has 0 aliphatic heterocycles. The predicted molar refractivity (Wildman–Crippen MR) is 80.9 cm³/mol. The van der Waals surface area contributed by atoms with Crippen LogP contribution in [0.3, 0.4) is 0 Å². The van der Waals surface area contributed by atoms with E-state index >= 15 is 0 Å². The molecule has 0 radical (unpaired) electrons. The first-order chi connectivity index (χ1) is 10.5. The van der Waals surface area contributed by atoms with Gasteiger partial charge in [-0.1, -0.05) is 32.1 Å². The van der Waals surface area contributed by atoms with Gasteiger partial charge in [0.15, 0.2) is 0 Å². The molecule has 6 heteroatoms. The molecule has 1 amide bonds. The topological polar surface area (TPSA) is 46.9 Å². The van der Waals surface area contributed by atoms with Crippen molar-refractivity contribution in [2.24, 2.45) is 13.0 Å². The van der Waals surface area contributed by atoms with Crippen molar-refractivity contribution >= 4 is 5.91 Å². The van der Waals surface area contributed by atoms with Crippen LogP contribution in [0.1, 0.15) is 74.3 Å². The number of alkyl halides is 2. The SMILES string of the molecule is CC(CCC1CCCCC1)NC(=O)c1cn(C)nc1C(F)F. The van der Waals surface area contributed by atoms with Gasteiger partial charge in [0.2, 0.25) is 0 Å². The van der Waals surface area contributed by atoms with Crippen LogP contribution in [0.15, 0.2) is 6.20 Å². The van der Waals surface area contributed by atoms with Crippen molar-refractivity contribution in [3.05, 3.63) is 17.5 Å². The molecular weight excluding hydrogens is 288 g/mol. The van der Waals surface area contributed by atoms with Gasteiger partial charge < -0.3 is 5.32 Å². The van der Waals surface area contributed by atoms with E-state index in [1.165, 1.54) is 50.0 Å². The zero-order chi connectivity index (χ0) is 16.1. The second-order valence-corrected chi connectivity index (χ2v) is 6.36. The smallest absolute Gasteiger partial charge is 0.282 e. The van der Waals surface area contributed by atoms with Crippen LogP contribution in [-0.4, -0.2) is 21.7 Å². The Balaban J connectivity index is 1.85. The zero-order valence-corrected chi connectivity index (χ0v) is 13.3. The molecule has 1 atom stereocenters. The Kier molecular flexibility index (Phi) is 5.91. The predicted octanol–water partition coefficient (Wildman–Crippen LogP) is 3.84. The fourth-order valence-electron chi connectivity index (χ4n) is 3.18. The number of aromatic nitrogens is 2. The summed E-state index contributed by atoms with van der Waals surface area (Å²) in [5.41, 5.74) is -0.471. The van der Waals surface area contributed by atoms with Crippen LogP contribution in [-0.2, 0) is 7.05 Å². The summed E-state index contributed by atoms with van der Waals surface area (Å²) in [6, 6.07) is -0.0137. The Morgan fingerprint density at radius 2 is 2.09 bits per heavy atom. The van der Waals surface area contributed by atoms with Gasteiger partial charge in [-0.05, 0) is 25.7 Å². The summed E-state index contributed by atoms with van der Waals surface area (Å²) in [6.07, 6.45) is 7.09. The van der Waals surface area contributed by atoms with Crippen molar-refractivity contribution < 1.29 is 13.6 Å². The largest absolute Gasteiger partial charge is 0.349 e. The second kappa shape index (κ2) is 7.70. The van der Waals surface area contributed by atoms with E-state index < -0.39 is 18.0 Å². The summed E-state index contributed by atoms with van der Waals surface area (Å²) in [4.78, 5) is 12.1. The molecule has 0 aromatic carbocycles. The molecule has 0 spiro atoms. The monoisotopic (exact) mass is 313 g/mol. The average Bonchev–Trinajstić information content (AvgIpc) is 2.89. The second-order valence-electron chi connectivity index (χ2n) is 6.36. The molecule has 1 heterocycles. The lowest BCUT2D eigenvalue weighted by molar-refractivity contribution is 0.0922. The average molecular weight is 313 g/mol. The first kappa shape index (κ1) is 16.9. The third kappa shape index (κ3) is 4.52. The number of rotatable bonds is 6. The molecule has 0 saturated heterocycles. The Morgan fingerprint density at radius 3 is 2.73 bits per heavy atom.